The summed E-state index contributed by atoms with van der Waals surface area (Å²) in [6.07, 6.45) is 7.31. The average Bonchev–Trinajstić information content (AvgIpc) is 3.20. The number of aromatic amines is 1. The summed E-state index contributed by atoms with van der Waals surface area (Å²) in [7, 11) is 0. The zero-order valence-electron chi connectivity index (χ0n) is 11.7. The fraction of sp³-hybridized carbons (Fsp3) is 0.125. The summed E-state index contributed by atoms with van der Waals surface area (Å²) in [5, 5.41) is 2.93. The third kappa shape index (κ3) is 2.86. The molecule has 0 saturated heterocycles. The Morgan fingerprint density at radius 1 is 1.29 bits per heavy atom. The number of nitrogens with one attached hydrogen (secondary N) is 2. The summed E-state index contributed by atoms with van der Waals surface area (Å²) in [5.41, 5.74) is 1.58. The van der Waals surface area contributed by atoms with Crippen LogP contribution >= 0.6 is 0 Å². The van der Waals surface area contributed by atoms with E-state index < -0.39 is 0 Å². The number of hydrogen-bond acceptors (Lipinski definition) is 2. The fourth-order valence-electron chi connectivity index (χ4n) is 2.18. The molecule has 2 N–H and O–H groups in total. The highest BCUT2D eigenvalue weighted by atomic mass is 16.1. The lowest BCUT2D eigenvalue weighted by atomic mass is 10.1. The van der Waals surface area contributed by atoms with Gasteiger partial charge in [-0.1, -0.05) is 6.07 Å². The van der Waals surface area contributed by atoms with E-state index in [2.05, 4.69) is 15.3 Å². The van der Waals surface area contributed by atoms with E-state index >= 15 is 0 Å². The predicted molar refractivity (Wildman–Crippen MR) is 80.2 cm³/mol. The monoisotopic (exact) mass is 280 g/mol. The van der Waals surface area contributed by atoms with Crippen LogP contribution in [0, 0.1) is 0 Å². The highest BCUT2D eigenvalue weighted by Gasteiger charge is 2.13. The van der Waals surface area contributed by atoms with E-state index in [1.165, 1.54) is 0 Å². The second kappa shape index (κ2) is 5.66. The number of amides is 1. The molecule has 0 aliphatic carbocycles. The Balaban J connectivity index is 1.77. The van der Waals surface area contributed by atoms with Gasteiger partial charge < -0.3 is 14.9 Å². The number of benzene rings is 1. The molecule has 106 valence electrons. The van der Waals surface area contributed by atoms with Gasteiger partial charge in [-0.2, -0.15) is 0 Å². The quantitative estimate of drug-likeness (QED) is 0.771. The molecule has 1 amide bonds. The number of carbonyl (C=O) groups excluding carboxylic acids is 1. The molecular weight excluding hydrogens is 264 g/mol. The van der Waals surface area contributed by atoms with E-state index in [0.717, 1.165) is 11.5 Å². The van der Waals surface area contributed by atoms with E-state index in [9.17, 15) is 4.79 Å². The Morgan fingerprint density at radius 3 is 2.81 bits per heavy atom. The van der Waals surface area contributed by atoms with E-state index in [0.29, 0.717) is 5.56 Å². The first kappa shape index (κ1) is 13.2. The van der Waals surface area contributed by atoms with Crippen LogP contribution < -0.4 is 5.32 Å². The summed E-state index contributed by atoms with van der Waals surface area (Å²) in [4.78, 5) is 19.5. The van der Waals surface area contributed by atoms with Crippen LogP contribution in [0.5, 0.6) is 0 Å². The number of aromatic nitrogens is 3. The van der Waals surface area contributed by atoms with Crippen LogP contribution in [0.3, 0.4) is 0 Å². The number of nitrogens with zero attached hydrogens (tertiary/aromatic N) is 2. The number of H-pyrrole nitrogens is 1. The molecule has 3 rings (SSSR count). The minimum absolute atomic E-state index is 0.118. The Kier molecular flexibility index (Phi) is 3.55. The molecule has 5 heteroatoms. The molecule has 0 spiro atoms. The van der Waals surface area contributed by atoms with Gasteiger partial charge in [0.05, 0.1) is 6.04 Å². The van der Waals surface area contributed by atoms with Crippen molar-refractivity contribution in [2.45, 2.75) is 13.0 Å². The van der Waals surface area contributed by atoms with E-state index in [-0.39, 0.29) is 11.9 Å². The third-order valence-corrected chi connectivity index (χ3v) is 3.29. The maximum absolute atomic E-state index is 12.3. The molecule has 1 atom stereocenters. The highest BCUT2D eigenvalue weighted by molar-refractivity contribution is 5.94. The molecule has 3 aromatic rings. The number of rotatable bonds is 4. The first-order valence-corrected chi connectivity index (χ1v) is 6.77. The normalized spacial score (nSPS) is 12.0. The maximum Gasteiger partial charge on any atom is 0.251 e. The van der Waals surface area contributed by atoms with Crippen LogP contribution in [0.2, 0.25) is 0 Å². The van der Waals surface area contributed by atoms with Gasteiger partial charge in [-0.05, 0) is 37.3 Å². The van der Waals surface area contributed by atoms with Gasteiger partial charge in [0, 0.05) is 36.0 Å². The second-order valence-electron chi connectivity index (χ2n) is 4.81. The number of imidazole rings is 1. The molecule has 0 aliphatic heterocycles. The Bertz CT molecular complexity index is 717. The summed E-state index contributed by atoms with van der Waals surface area (Å²) < 4.78 is 1.97. The average molecular weight is 280 g/mol. The van der Waals surface area contributed by atoms with Crippen LogP contribution in [0.25, 0.3) is 5.69 Å². The van der Waals surface area contributed by atoms with Crippen LogP contribution in [-0.2, 0) is 0 Å². The molecule has 2 aromatic heterocycles. The molecule has 2 heterocycles. The van der Waals surface area contributed by atoms with Gasteiger partial charge in [0.15, 0.2) is 0 Å². The molecule has 1 unspecified atom stereocenters. The first-order valence-electron chi connectivity index (χ1n) is 6.77. The standard InChI is InChI=1S/C16H16N4O/c1-12(15-17-7-8-18-15)19-16(21)13-5-4-6-14(11-13)20-9-2-3-10-20/h2-12H,1H3,(H,17,18)(H,19,21). The van der Waals surface area contributed by atoms with Crippen molar-refractivity contribution < 1.29 is 4.79 Å². The van der Waals surface area contributed by atoms with Gasteiger partial charge in [0.1, 0.15) is 5.82 Å². The van der Waals surface area contributed by atoms with Crippen LogP contribution in [0.15, 0.2) is 61.2 Å². The van der Waals surface area contributed by atoms with Crippen LogP contribution in [-0.4, -0.2) is 20.4 Å². The molecule has 0 bridgehead atoms. The van der Waals surface area contributed by atoms with E-state index in [1.54, 1.807) is 18.5 Å². The topological polar surface area (TPSA) is 62.7 Å². The second-order valence-corrected chi connectivity index (χ2v) is 4.81. The third-order valence-electron chi connectivity index (χ3n) is 3.29. The number of carbonyl (C=O) groups is 1. The van der Waals surface area contributed by atoms with Gasteiger partial charge in [-0.25, -0.2) is 4.98 Å². The van der Waals surface area contributed by atoms with Gasteiger partial charge in [0.2, 0.25) is 0 Å². The Morgan fingerprint density at radius 2 is 2.10 bits per heavy atom. The Hall–Kier alpha value is -2.82. The highest BCUT2D eigenvalue weighted by Crippen LogP contribution is 2.13. The van der Waals surface area contributed by atoms with Crippen molar-refractivity contribution in [2.24, 2.45) is 0 Å². The zero-order valence-corrected chi connectivity index (χ0v) is 11.7. The van der Waals surface area contributed by atoms with Crippen LogP contribution in [0.1, 0.15) is 29.1 Å². The van der Waals surface area contributed by atoms with Gasteiger partial charge in [0.25, 0.3) is 5.91 Å². The molecular formula is C16H16N4O. The van der Waals surface area contributed by atoms with Crippen molar-refractivity contribution in [3.63, 3.8) is 0 Å². The van der Waals surface area contributed by atoms with E-state index in [4.69, 9.17) is 0 Å². The summed E-state index contributed by atoms with van der Waals surface area (Å²) in [6.45, 7) is 1.90. The maximum atomic E-state index is 12.3. The Labute approximate surface area is 122 Å². The van der Waals surface area contributed by atoms with Gasteiger partial charge in [-0.15, -0.1) is 0 Å². The lowest BCUT2D eigenvalue weighted by molar-refractivity contribution is 0.0938. The zero-order chi connectivity index (χ0) is 14.7. The smallest absolute Gasteiger partial charge is 0.251 e. The fourth-order valence-corrected chi connectivity index (χ4v) is 2.18. The molecule has 0 fully saturated rings. The van der Waals surface area contributed by atoms with Crippen molar-refractivity contribution in [2.75, 3.05) is 0 Å². The number of hydrogen-bond donors (Lipinski definition) is 2. The van der Waals surface area contributed by atoms with Crippen LogP contribution in [0.4, 0.5) is 0 Å². The van der Waals surface area contributed by atoms with E-state index in [1.807, 2.05) is 54.2 Å². The lowest BCUT2D eigenvalue weighted by Crippen LogP contribution is -2.27. The predicted octanol–water partition coefficient (Wildman–Crippen LogP) is 2.69. The molecule has 0 radical (unpaired) electrons. The molecule has 5 nitrogen and oxygen atoms in total. The summed E-state index contributed by atoms with van der Waals surface area (Å²) >= 11 is 0. The molecule has 0 aliphatic rings. The molecule has 21 heavy (non-hydrogen) atoms. The molecule has 0 saturated carbocycles. The van der Waals surface area contributed by atoms with Crippen molar-refractivity contribution in [1.82, 2.24) is 19.9 Å². The summed E-state index contributed by atoms with van der Waals surface area (Å²) in [5.74, 6) is 0.623. The SMILES string of the molecule is CC(NC(=O)c1cccc(-n2cccc2)c1)c1ncc[nH]1. The summed E-state index contributed by atoms with van der Waals surface area (Å²) in [6, 6.07) is 11.2. The van der Waals surface area contributed by atoms with Crippen molar-refractivity contribution in [1.29, 1.82) is 0 Å². The first-order chi connectivity index (χ1) is 10.2. The van der Waals surface area contributed by atoms with Crippen molar-refractivity contribution in [3.05, 3.63) is 72.6 Å². The largest absolute Gasteiger partial charge is 0.347 e. The van der Waals surface area contributed by atoms with Crippen molar-refractivity contribution in [3.8, 4) is 5.69 Å². The minimum Gasteiger partial charge on any atom is -0.347 e. The minimum atomic E-state index is -0.164. The van der Waals surface area contributed by atoms with Crippen molar-refractivity contribution >= 4 is 5.91 Å². The molecule has 1 aromatic carbocycles. The van der Waals surface area contributed by atoms with Gasteiger partial charge >= 0.3 is 0 Å². The lowest BCUT2D eigenvalue weighted by Gasteiger charge is -2.12. The van der Waals surface area contributed by atoms with Gasteiger partial charge in [-0.3, -0.25) is 4.79 Å².